The Balaban J connectivity index is 1.32. The van der Waals surface area contributed by atoms with Gasteiger partial charge in [-0.05, 0) is 18.2 Å². The topological polar surface area (TPSA) is 127 Å². The van der Waals surface area contributed by atoms with Gasteiger partial charge in [-0.15, -0.1) is 4.90 Å². The molecule has 208 valence electrons. The smallest absolute Gasteiger partial charge is 0.469 e. The van der Waals surface area contributed by atoms with Crippen molar-refractivity contribution in [3.8, 4) is 11.4 Å². The fraction of sp³-hybridized carbons (Fsp3) is 0.185. The predicted molar refractivity (Wildman–Crippen MR) is 133 cm³/mol. The highest BCUT2D eigenvalue weighted by atomic mass is 19.4. The normalized spacial score (nSPS) is 18.4. The lowest BCUT2D eigenvalue weighted by Gasteiger charge is -2.25. The van der Waals surface area contributed by atoms with E-state index in [1.807, 2.05) is 6.07 Å². The van der Waals surface area contributed by atoms with E-state index in [-0.39, 0.29) is 29.8 Å². The highest BCUT2D eigenvalue weighted by molar-refractivity contribution is 6.29. The van der Waals surface area contributed by atoms with E-state index in [0.29, 0.717) is 11.3 Å². The molecule has 0 saturated carbocycles. The molecule has 0 spiro atoms. The highest BCUT2D eigenvalue weighted by Crippen LogP contribution is 2.35. The lowest BCUT2D eigenvalue weighted by atomic mass is 9.97. The fourth-order valence-corrected chi connectivity index (χ4v) is 4.55. The first-order valence-corrected chi connectivity index (χ1v) is 12.2. The third kappa shape index (κ3) is 5.00. The van der Waals surface area contributed by atoms with Crippen molar-refractivity contribution < 1.29 is 46.1 Å². The number of rotatable bonds is 6. The molecule has 3 heterocycles. The van der Waals surface area contributed by atoms with Gasteiger partial charge in [0.25, 0.3) is 11.8 Å². The minimum atomic E-state index is -4.72. The lowest BCUT2D eigenvalue weighted by Crippen LogP contribution is -2.53. The molecule has 1 atom stereocenters. The first-order chi connectivity index (χ1) is 19.7. The molecule has 2 aliphatic heterocycles. The average molecular weight is 566 g/mol. The van der Waals surface area contributed by atoms with E-state index < -0.39 is 54.5 Å². The number of para-hydroxylation sites is 1. The highest BCUT2D eigenvalue weighted by Gasteiger charge is 2.48. The van der Waals surface area contributed by atoms with Crippen molar-refractivity contribution in [1.82, 2.24) is 15.0 Å². The number of nitrogens with zero attached hydrogens (tertiary/aromatic N) is 4. The zero-order chi connectivity index (χ0) is 28.7. The molecule has 4 amide bonds. The van der Waals surface area contributed by atoms with Gasteiger partial charge in [0.2, 0.25) is 5.82 Å². The van der Waals surface area contributed by atoms with Crippen molar-refractivity contribution in [1.29, 1.82) is 0 Å². The molecule has 1 N–H and O–H groups in total. The largest absolute Gasteiger partial charge is 0.502 e. The summed E-state index contributed by atoms with van der Waals surface area (Å²) in [5.74, 6) is -1.13. The van der Waals surface area contributed by atoms with Crippen molar-refractivity contribution in [2.45, 2.75) is 18.8 Å². The van der Waals surface area contributed by atoms with Gasteiger partial charge in [0.15, 0.2) is 19.9 Å². The molecule has 1 fully saturated rings. The summed E-state index contributed by atoms with van der Waals surface area (Å²) in [5.41, 5.74) is -0.791. The van der Waals surface area contributed by atoms with Gasteiger partial charge in [0.1, 0.15) is 23.1 Å². The van der Waals surface area contributed by atoms with E-state index in [0.717, 1.165) is 21.6 Å². The molecule has 6 rings (SSSR count). The molecule has 1 unspecified atom stereocenters. The molecule has 41 heavy (non-hydrogen) atoms. The summed E-state index contributed by atoms with van der Waals surface area (Å²) in [5, 5.41) is 6.12. The molecular formula is C27H19F3N5O6+. The Bertz CT molecular complexity index is 1660. The van der Waals surface area contributed by atoms with Crippen molar-refractivity contribution >= 4 is 29.2 Å². The number of fused-ring (bicyclic) bond motifs is 2. The number of benzene rings is 2. The van der Waals surface area contributed by atoms with Gasteiger partial charge in [0.05, 0.1) is 11.3 Å². The van der Waals surface area contributed by atoms with Crippen LogP contribution in [0.5, 0.6) is 0 Å². The van der Waals surface area contributed by atoms with E-state index in [1.165, 1.54) is 24.3 Å². The molecule has 1 saturated heterocycles. The van der Waals surface area contributed by atoms with Gasteiger partial charge >= 0.3 is 18.1 Å². The molecule has 11 nitrogen and oxygen atoms in total. The molecule has 3 aromatic rings. The number of carbonyl (C=O) groups excluding carboxylic acids is 3. The maximum absolute atomic E-state index is 13.6. The third-order valence-corrected chi connectivity index (χ3v) is 6.46. The van der Waals surface area contributed by atoms with E-state index >= 15 is 0 Å². The number of alkyl halides is 3. The summed E-state index contributed by atoms with van der Waals surface area (Å²) < 4.78 is 57.4. The number of anilines is 1. The Labute approximate surface area is 229 Å². The number of allylic oxidation sites excluding steroid dienone is 1. The Kier molecular flexibility index (Phi) is 6.46. The van der Waals surface area contributed by atoms with Gasteiger partial charge in [-0.25, -0.2) is 4.79 Å². The molecule has 3 aliphatic rings. The summed E-state index contributed by atoms with van der Waals surface area (Å²) in [6, 6.07) is 12.4. The average Bonchev–Trinajstić information content (AvgIpc) is 3.62. The van der Waals surface area contributed by atoms with Crippen molar-refractivity contribution in [2.24, 2.45) is 0 Å². The second-order valence-electron chi connectivity index (χ2n) is 9.09. The van der Waals surface area contributed by atoms with Gasteiger partial charge in [-0.3, -0.25) is 4.79 Å². The Morgan fingerprint density at radius 1 is 1.10 bits per heavy atom. The van der Waals surface area contributed by atoms with Gasteiger partial charge in [-0.2, -0.15) is 27.5 Å². The Hall–Kier alpha value is -5.11. The summed E-state index contributed by atoms with van der Waals surface area (Å²) in [4.78, 5) is 45.1. The minimum Gasteiger partial charge on any atom is -0.469 e. The number of imide groups is 1. The minimum absolute atomic E-state index is 0.0372. The number of hydrogen-bond acceptors (Lipinski definition) is 8. The maximum atomic E-state index is 13.6. The van der Waals surface area contributed by atoms with E-state index in [1.54, 1.807) is 24.3 Å². The van der Waals surface area contributed by atoms with Crippen LogP contribution in [0.4, 0.5) is 23.7 Å². The van der Waals surface area contributed by atoms with Crippen LogP contribution in [0.2, 0.25) is 0 Å². The van der Waals surface area contributed by atoms with Crippen LogP contribution >= 0.6 is 0 Å². The second-order valence-corrected chi connectivity index (χ2v) is 9.09. The standard InChI is InChI=1S/C27H18F3N5O6/c28-27(29,30)17-8-4-5-9-18(17)31-22(36)12-34-19-11-21-20(39-14-40-21)10-16(19)25(37)35(26(34)38)13-23-32-24(33-41-23)15-6-2-1-3-7-15/h1-11,20H,12-14H2/p+1. The van der Waals surface area contributed by atoms with Gasteiger partial charge in [-0.1, -0.05) is 47.6 Å². The molecular weight excluding hydrogens is 547 g/mol. The van der Waals surface area contributed by atoms with Crippen molar-refractivity contribution in [2.75, 3.05) is 18.7 Å². The molecule has 1 aromatic heterocycles. The van der Waals surface area contributed by atoms with Crippen LogP contribution in [0.1, 0.15) is 11.5 Å². The van der Waals surface area contributed by atoms with Crippen LogP contribution in [-0.4, -0.2) is 62.6 Å². The number of amides is 4. The third-order valence-electron chi connectivity index (χ3n) is 6.46. The van der Waals surface area contributed by atoms with Crippen LogP contribution in [0.25, 0.3) is 11.4 Å². The number of halogens is 3. The Morgan fingerprint density at radius 2 is 1.85 bits per heavy atom. The molecule has 14 heteroatoms. The number of ether oxygens (including phenoxy) is 2. The fourth-order valence-electron chi connectivity index (χ4n) is 4.55. The van der Waals surface area contributed by atoms with Crippen LogP contribution in [0.3, 0.4) is 0 Å². The molecule has 0 bridgehead atoms. The zero-order valence-electron chi connectivity index (χ0n) is 20.9. The van der Waals surface area contributed by atoms with Crippen LogP contribution in [-0.2, 0) is 31.8 Å². The first kappa shape index (κ1) is 26.1. The predicted octanol–water partition coefficient (Wildman–Crippen LogP) is 3.51. The molecule has 2 aromatic carbocycles. The van der Waals surface area contributed by atoms with E-state index in [4.69, 9.17) is 14.0 Å². The number of carbonyl (C=O) groups is 3. The second kappa shape index (κ2) is 10.1. The monoisotopic (exact) mass is 566 g/mol. The molecule has 0 radical (unpaired) electrons. The van der Waals surface area contributed by atoms with Crippen LogP contribution < -0.4 is 5.32 Å². The summed E-state index contributed by atoms with van der Waals surface area (Å²) >= 11 is 0. The van der Waals surface area contributed by atoms with Crippen molar-refractivity contribution in [3.05, 3.63) is 89.5 Å². The summed E-state index contributed by atoms with van der Waals surface area (Å²) in [7, 11) is 0. The van der Waals surface area contributed by atoms with Gasteiger partial charge < -0.3 is 19.3 Å². The first-order valence-electron chi connectivity index (χ1n) is 12.2. The Morgan fingerprint density at radius 3 is 2.63 bits per heavy atom. The van der Waals surface area contributed by atoms with E-state index in [9.17, 15) is 27.6 Å². The molecule has 1 aliphatic carbocycles. The SMILES string of the molecule is O=C(C[N+]1=C2C=C3OCOC3C=C2C(=O)N(Cc2nc(-c3ccccc3)no2)C1=O)Nc1ccccc1C(F)(F)F. The number of hydrogen-bond donors (Lipinski definition) is 1. The van der Waals surface area contributed by atoms with Crippen LogP contribution in [0.15, 0.2) is 82.6 Å². The van der Waals surface area contributed by atoms with Crippen molar-refractivity contribution in [3.63, 3.8) is 0 Å². The summed E-state index contributed by atoms with van der Waals surface area (Å²) in [6.07, 6.45) is -2.55. The number of aromatic nitrogens is 2. The quantitative estimate of drug-likeness (QED) is 0.450. The lowest BCUT2D eigenvalue weighted by molar-refractivity contribution is -0.424. The zero-order valence-corrected chi connectivity index (χ0v) is 20.9. The van der Waals surface area contributed by atoms with Crippen LogP contribution in [0, 0.1) is 0 Å². The maximum Gasteiger partial charge on any atom is 0.502 e. The number of nitrogens with one attached hydrogen (secondary N) is 1. The summed E-state index contributed by atoms with van der Waals surface area (Å²) in [6.45, 7) is -1.22. The van der Waals surface area contributed by atoms with E-state index in [2.05, 4.69) is 15.5 Å². The van der Waals surface area contributed by atoms with Gasteiger partial charge in [0, 0.05) is 11.6 Å². The number of urea groups is 1.